The highest BCUT2D eigenvalue weighted by molar-refractivity contribution is 5.16. The number of aromatic nitrogens is 4. The standard InChI is InChI=1S/C11H18N6O2/c1-3-5-12-7-10-15-16-11(18-10)13-6-4-9-14-8(2)19-17-9/h12H,3-7H2,1-2H3,(H,13,16). The van der Waals surface area contributed by atoms with Crippen molar-refractivity contribution in [2.24, 2.45) is 0 Å². The molecule has 2 heterocycles. The van der Waals surface area contributed by atoms with Crippen molar-refractivity contribution < 1.29 is 8.94 Å². The van der Waals surface area contributed by atoms with Crippen LogP contribution in [0.1, 0.15) is 31.0 Å². The number of aryl methyl sites for hydroxylation is 1. The smallest absolute Gasteiger partial charge is 0.315 e. The Hall–Kier alpha value is -1.96. The molecule has 2 N–H and O–H groups in total. The van der Waals surface area contributed by atoms with Crippen LogP contribution in [-0.4, -0.2) is 33.4 Å². The largest absolute Gasteiger partial charge is 0.407 e. The van der Waals surface area contributed by atoms with Crippen LogP contribution in [0.25, 0.3) is 0 Å². The van der Waals surface area contributed by atoms with E-state index >= 15 is 0 Å². The van der Waals surface area contributed by atoms with E-state index in [1.807, 2.05) is 0 Å². The van der Waals surface area contributed by atoms with Crippen LogP contribution < -0.4 is 10.6 Å². The van der Waals surface area contributed by atoms with Gasteiger partial charge in [0.05, 0.1) is 6.54 Å². The number of anilines is 1. The Morgan fingerprint density at radius 1 is 1.21 bits per heavy atom. The van der Waals surface area contributed by atoms with Gasteiger partial charge in [0.25, 0.3) is 0 Å². The Morgan fingerprint density at radius 3 is 2.84 bits per heavy atom. The Bertz CT molecular complexity index is 495. The van der Waals surface area contributed by atoms with Crippen molar-refractivity contribution in [3.8, 4) is 0 Å². The number of nitrogens with one attached hydrogen (secondary N) is 2. The SMILES string of the molecule is CCCNCc1nnc(NCCc2noc(C)n2)o1. The maximum absolute atomic E-state index is 5.41. The summed E-state index contributed by atoms with van der Waals surface area (Å²) in [4.78, 5) is 4.10. The van der Waals surface area contributed by atoms with E-state index in [-0.39, 0.29) is 0 Å². The molecule has 0 aromatic carbocycles. The van der Waals surface area contributed by atoms with Gasteiger partial charge in [-0.3, -0.25) is 0 Å². The van der Waals surface area contributed by atoms with Crippen LogP contribution in [0, 0.1) is 6.92 Å². The van der Waals surface area contributed by atoms with Crippen molar-refractivity contribution >= 4 is 6.01 Å². The molecule has 0 fully saturated rings. The molecule has 0 saturated carbocycles. The first-order chi connectivity index (χ1) is 9.28. The minimum atomic E-state index is 0.411. The lowest BCUT2D eigenvalue weighted by Gasteiger charge is -1.98. The van der Waals surface area contributed by atoms with Crippen molar-refractivity contribution in [2.75, 3.05) is 18.4 Å². The van der Waals surface area contributed by atoms with Crippen LogP contribution in [-0.2, 0) is 13.0 Å². The molecular formula is C11H18N6O2. The highest BCUT2D eigenvalue weighted by Crippen LogP contribution is 2.05. The predicted octanol–water partition coefficient (Wildman–Crippen LogP) is 0.915. The third-order valence-electron chi connectivity index (χ3n) is 2.36. The van der Waals surface area contributed by atoms with Crippen LogP contribution >= 0.6 is 0 Å². The summed E-state index contributed by atoms with van der Waals surface area (Å²) in [5.74, 6) is 1.80. The van der Waals surface area contributed by atoms with E-state index in [1.165, 1.54) is 0 Å². The molecule has 19 heavy (non-hydrogen) atoms. The lowest BCUT2D eigenvalue weighted by Crippen LogP contribution is -2.13. The number of hydrogen-bond acceptors (Lipinski definition) is 8. The van der Waals surface area contributed by atoms with Gasteiger partial charge < -0.3 is 19.6 Å². The second-order valence-corrected chi connectivity index (χ2v) is 4.08. The Morgan fingerprint density at radius 2 is 2.11 bits per heavy atom. The van der Waals surface area contributed by atoms with Crippen molar-refractivity contribution in [1.29, 1.82) is 0 Å². The van der Waals surface area contributed by atoms with Crippen molar-refractivity contribution in [3.05, 3.63) is 17.6 Å². The average Bonchev–Trinajstić information content (AvgIpc) is 3.00. The van der Waals surface area contributed by atoms with Crippen molar-refractivity contribution in [3.63, 3.8) is 0 Å². The van der Waals surface area contributed by atoms with Crippen molar-refractivity contribution in [1.82, 2.24) is 25.7 Å². The van der Waals surface area contributed by atoms with Crippen LogP contribution in [0.3, 0.4) is 0 Å². The van der Waals surface area contributed by atoms with E-state index in [0.717, 1.165) is 13.0 Å². The first-order valence-corrected chi connectivity index (χ1v) is 6.34. The van der Waals surface area contributed by atoms with Crippen LogP contribution in [0.4, 0.5) is 6.01 Å². The van der Waals surface area contributed by atoms with Crippen LogP contribution in [0.15, 0.2) is 8.94 Å². The number of hydrogen-bond donors (Lipinski definition) is 2. The Kier molecular flexibility index (Phi) is 4.85. The Balaban J connectivity index is 1.71. The molecule has 8 nitrogen and oxygen atoms in total. The maximum Gasteiger partial charge on any atom is 0.315 e. The van der Waals surface area contributed by atoms with Crippen LogP contribution in [0.5, 0.6) is 0 Å². The molecule has 2 aromatic rings. The highest BCUT2D eigenvalue weighted by atomic mass is 16.5. The summed E-state index contributed by atoms with van der Waals surface area (Å²) in [5, 5.41) is 17.8. The van der Waals surface area contributed by atoms with Gasteiger partial charge in [-0.2, -0.15) is 4.98 Å². The molecule has 2 rings (SSSR count). The first kappa shape index (κ1) is 13.5. The normalized spacial score (nSPS) is 10.8. The fourth-order valence-electron chi connectivity index (χ4n) is 1.49. The molecule has 0 unspecified atom stereocenters. The molecule has 0 spiro atoms. The van der Waals surface area contributed by atoms with Gasteiger partial charge in [0.2, 0.25) is 11.8 Å². The zero-order valence-corrected chi connectivity index (χ0v) is 11.1. The molecule has 8 heteroatoms. The van der Waals surface area contributed by atoms with Gasteiger partial charge in [0.1, 0.15) is 0 Å². The molecule has 0 aliphatic rings. The van der Waals surface area contributed by atoms with Gasteiger partial charge in [-0.1, -0.05) is 17.2 Å². The lowest BCUT2D eigenvalue weighted by molar-refractivity contribution is 0.387. The molecule has 0 saturated heterocycles. The number of rotatable bonds is 8. The lowest BCUT2D eigenvalue weighted by atomic mass is 10.4. The summed E-state index contributed by atoms with van der Waals surface area (Å²) >= 11 is 0. The minimum Gasteiger partial charge on any atom is -0.407 e. The zero-order valence-electron chi connectivity index (χ0n) is 11.1. The molecule has 0 aliphatic heterocycles. The van der Waals surface area contributed by atoms with E-state index in [9.17, 15) is 0 Å². The molecule has 104 valence electrons. The summed E-state index contributed by atoms with van der Waals surface area (Å²) < 4.78 is 10.3. The third kappa shape index (κ3) is 4.32. The third-order valence-corrected chi connectivity index (χ3v) is 2.36. The summed E-state index contributed by atoms with van der Waals surface area (Å²) in [6.07, 6.45) is 1.71. The fourth-order valence-corrected chi connectivity index (χ4v) is 1.49. The fraction of sp³-hybridized carbons (Fsp3) is 0.636. The van der Waals surface area contributed by atoms with E-state index < -0.39 is 0 Å². The summed E-state index contributed by atoms with van der Waals surface area (Å²) in [6.45, 7) is 6.00. The number of nitrogens with zero attached hydrogens (tertiary/aromatic N) is 4. The van der Waals surface area contributed by atoms with Gasteiger partial charge in [0.15, 0.2) is 5.82 Å². The molecule has 0 radical (unpaired) electrons. The second-order valence-electron chi connectivity index (χ2n) is 4.08. The summed E-state index contributed by atoms with van der Waals surface area (Å²) in [5.41, 5.74) is 0. The van der Waals surface area contributed by atoms with Gasteiger partial charge >= 0.3 is 6.01 Å². The summed E-state index contributed by atoms with van der Waals surface area (Å²) in [7, 11) is 0. The van der Waals surface area contributed by atoms with E-state index in [0.29, 0.717) is 43.1 Å². The van der Waals surface area contributed by atoms with E-state index in [1.54, 1.807) is 6.92 Å². The van der Waals surface area contributed by atoms with Gasteiger partial charge in [-0.15, -0.1) is 5.10 Å². The van der Waals surface area contributed by atoms with Gasteiger partial charge in [-0.25, -0.2) is 0 Å². The topological polar surface area (TPSA) is 102 Å². The second kappa shape index (κ2) is 6.83. The van der Waals surface area contributed by atoms with Crippen molar-refractivity contribution in [2.45, 2.75) is 33.2 Å². The van der Waals surface area contributed by atoms with E-state index in [2.05, 4.69) is 37.9 Å². The monoisotopic (exact) mass is 266 g/mol. The molecular weight excluding hydrogens is 248 g/mol. The van der Waals surface area contributed by atoms with Gasteiger partial charge in [-0.05, 0) is 13.0 Å². The summed E-state index contributed by atoms with van der Waals surface area (Å²) in [6, 6.07) is 0.411. The maximum atomic E-state index is 5.41. The molecule has 0 atom stereocenters. The zero-order chi connectivity index (χ0) is 13.5. The average molecular weight is 266 g/mol. The van der Waals surface area contributed by atoms with Crippen LogP contribution in [0.2, 0.25) is 0 Å². The molecule has 0 amide bonds. The predicted molar refractivity (Wildman–Crippen MR) is 67.5 cm³/mol. The van der Waals surface area contributed by atoms with Gasteiger partial charge in [0, 0.05) is 19.9 Å². The molecule has 0 bridgehead atoms. The Labute approximate surface area is 111 Å². The minimum absolute atomic E-state index is 0.411. The molecule has 2 aromatic heterocycles. The van der Waals surface area contributed by atoms with E-state index in [4.69, 9.17) is 8.94 Å². The quantitative estimate of drug-likeness (QED) is 0.680. The first-order valence-electron chi connectivity index (χ1n) is 6.34. The molecule has 0 aliphatic carbocycles. The highest BCUT2D eigenvalue weighted by Gasteiger charge is 2.06.